The first kappa shape index (κ1) is 59.8. The third-order valence-electron chi connectivity index (χ3n) is 14.6. The summed E-state index contributed by atoms with van der Waals surface area (Å²) >= 11 is 0. The fourth-order valence-electron chi connectivity index (χ4n) is 9.46. The van der Waals surface area contributed by atoms with Crippen molar-refractivity contribution in [3.8, 4) is 22.4 Å². The van der Waals surface area contributed by atoms with Crippen LogP contribution in [0.1, 0.15) is 45.2 Å². The summed E-state index contributed by atoms with van der Waals surface area (Å²) in [5.74, 6) is -5.42. The van der Waals surface area contributed by atoms with E-state index >= 15 is 8.78 Å². The number of nitrogens with one attached hydrogen (secondary N) is 4. The Bertz CT molecular complexity index is 2780. The number of aromatic nitrogens is 4. The van der Waals surface area contributed by atoms with Gasteiger partial charge in [0.2, 0.25) is 11.9 Å². The molecule has 0 radical (unpaired) electrons. The van der Waals surface area contributed by atoms with Gasteiger partial charge in [0.25, 0.3) is 12.3 Å². The molecule has 3 saturated heterocycles. The summed E-state index contributed by atoms with van der Waals surface area (Å²) in [5, 5.41) is 22.5. The summed E-state index contributed by atoms with van der Waals surface area (Å²) in [6.07, 6.45) is -13.5. The molecule has 3 fully saturated rings. The smallest absolute Gasteiger partial charge is 0.407 e. The van der Waals surface area contributed by atoms with E-state index in [-0.39, 0.29) is 17.3 Å². The minimum absolute atomic E-state index is 0.153. The summed E-state index contributed by atoms with van der Waals surface area (Å²) in [6.45, 7) is 2.24. The molecule has 4 aromatic rings. The number of alkyl halides is 8. The van der Waals surface area contributed by atoms with E-state index in [0.29, 0.717) is 80.6 Å². The highest BCUT2D eigenvalue weighted by molar-refractivity contribution is 5.87. The second kappa shape index (κ2) is 23.9. The number of carbonyl (C=O) groups excluding carboxylic acids is 4. The lowest BCUT2D eigenvalue weighted by Crippen LogP contribution is -2.63. The number of nitrogens with zero attached hydrogens (tertiary/aromatic N) is 7. The number of rotatable bonds is 21. The van der Waals surface area contributed by atoms with Crippen molar-refractivity contribution < 1.29 is 82.4 Å². The number of ether oxygens (including phenoxy) is 3. The molecule has 79 heavy (non-hydrogen) atoms. The van der Waals surface area contributed by atoms with Crippen LogP contribution >= 0.6 is 0 Å². The minimum atomic E-state index is -5.22. The number of carbonyl (C=O) groups is 4. The second-order valence-corrected chi connectivity index (χ2v) is 20.6. The van der Waals surface area contributed by atoms with Crippen molar-refractivity contribution in [1.82, 2.24) is 51.0 Å². The van der Waals surface area contributed by atoms with Crippen molar-refractivity contribution in [3.05, 3.63) is 83.8 Å². The molecule has 0 spiro atoms. The summed E-state index contributed by atoms with van der Waals surface area (Å²) < 4.78 is 161. The van der Waals surface area contributed by atoms with Crippen molar-refractivity contribution in [2.24, 2.45) is 10.8 Å². The average molecular weight is 1130 g/mol. The Hall–Kier alpha value is -6.85. The Morgan fingerprint density at radius 3 is 1.84 bits per heavy atom. The van der Waals surface area contributed by atoms with Gasteiger partial charge in [0.1, 0.15) is 30.3 Å². The number of anilines is 1. The molecule has 7 rings (SSSR count). The first-order valence-corrected chi connectivity index (χ1v) is 24.7. The third-order valence-corrected chi connectivity index (χ3v) is 14.6. The Morgan fingerprint density at radius 1 is 0.772 bits per heavy atom. The topological polar surface area (TPSA) is 218 Å². The largest absolute Gasteiger partial charge is 0.453 e. The van der Waals surface area contributed by atoms with Gasteiger partial charge in [0, 0.05) is 73.5 Å². The predicted octanol–water partition coefficient (Wildman–Crippen LogP) is 5.76. The molecule has 3 aliphatic rings. The van der Waals surface area contributed by atoms with Crippen LogP contribution in [-0.2, 0) is 43.3 Å². The van der Waals surface area contributed by atoms with E-state index in [1.165, 1.54) is 18.2 Å². The third kappa shape index (κ3) is 13.6. The van der Waals surface area contributed by atoms with Crippen molar-refractivity contribution in [2.45, 2.75) is 115 Å². The number of aliphatic hydroxyl groups is 1. The van der Waals surface area contributed by atoms with E-state index in [1.807, 2.05) is 5.32 Å². The van der Waals surface area contributed by atoms with Crippen LogP contribution < -0.4 is 26.3 Å². The number of benzene rings is 2. The van der Waals surface area contributed by atoms with Gasteiger partial charge in [-0.2, -0.15) is 31.4 Å². The molecular weight excluding hydrogens is 1070 g/mol. The maximum Gasteiger partial charge on any atom is 0.407 e. The Labute approximate surface area is 446 Å². The van der Waals surface area contributed by atoms with E-state index in [9.17, 15) is 59.4 Å². The number of fused-ring (bicyclic) bond motifs is 2. The van der Waals surface area contributed by atoms with E-state index in [1.54, 1.807) is 29.8 Å². The van der Waals surface area contributed by atoms with Gasteiger partial charge in [-0.3, -0.25) is 24.6 Å². The first-order valence-electron chi connectivity index (χ1n) is 24.7. The number of hydrogen-bond acceptors (Lipinski definition) is 14. The lowest BCUT2D eigenvalue weighted by molar-refractivity contribution is -0.221. The minimum Gasteiger partial charge on any atom is -0.453 e. The van der Waals surface area contributed by atoms with Crippen molar-refractivity contribution in [3.63, 3.8) is 0 Å². The van der Waals surface area contributed by atoms with Crippen LogP contribution in [-0.4, -0.2) is 167 Å². The normalized spacial score (nSPS) is 18.7. The van der Waals surface area contributed by atoms with Crippen LogP contribution in [0.2, 0.25) is 0 Å². The number of piperazine rings is 1. The van der Waals surface area contributed by atoms with Crippen molar-refractivity contribution in [1.29, 1.82) is 0 Å². The van der Waals surface area contributed by atoms with Gasteiger partial charge >= 0.3 is 24.5 Å². The molecule has 2 aromatic heterocycles. The zero-order valence-corrected chi connectivity index (χ0v) is 43.5. The number of amides is 4. The first-order chi connectivity index (χ1) is 37.0. The molecule has 2 bridgehead atoms. The van der Waals surface area contributed by atoms with Crippen LogP contribution in [0.25, 0.3) is 22.4 Å². The van der Waals surface area contributed by atoms with Crippen LogP contribution in [0.4, 0.5) is 59.4 Å². The summed E-state index contributed by atoms with van der Waals surface area (Å²) in [5.41, 5.74) is -3.94. The number of alkyl carbamates (subject to hydrolysis) is 2. The van der Waals surface area contributed by atoms with Crippen LogP contribution in [0.3, 0.4) is 0 Å². The van der Waals surface area contributed by atoms with Crippen LogP contribution in [0.15, 0.2) is 61.1 Å². The second-order valence-electron chi connectivity index (χ2n) is 20.6. The predicted molar refractivity (Wildman–Crippen MR) is 260 cm³/mol. The van der Waals surface area contributed by atoms with Gasteiger partial charge in [0.15, 0.2) is 0 Å². The monoisotopic (exact) mass is 1130 g/mol. The molecule has 2 aromatic carbocycles. The number of likely N-dealkylation sites (tertiary alicyclic amines) is 1. The quantitative estimate of drug-likeness (QED) is 0.0496. The van der Waals surface area contributed by atoms with Gasteiger partial charge in [0.05, 0.1) is 62.1 Å². The molecule has 0 unspecified atom stereocenters. The number of hydrogen-bond donors (Lipinski definition) is 5. The summed E-state index contributed by atoms with van der Waals surface area (Å²) in [6, 6.07) is 3.17. The Kier molecular flexibility index (Phi) is 18.1. The number of aliphatic hydroxyl groups excluding tert-OH is 1. The highest BCUT2D eigenvalue weighted by Crippen LogP contribution is 2.42. The van der Waals surface area contributed by atoms with Crippen molar-refractivity contribution in [2.75, 3.05) is 52.0 Å². The van der Waals surface area contributed by atoms with Gasteiger partial charge in [-0.15, -0.1) is 0 Å². The lowest BCUT2D eigenvalue weighted by Gasteiger charge is -2.42. The Balaban J connectivity index is 1.20. The van der Waals surface area contributed by atoms with E-state index in [4.69, 9.17) is 4.74 Å². The molecule has 0 aliphatic carbocycles. The fourth-order valence-corrected chi connectivity index (χ4v) is 9.46. The summed E-state index contributed by atoms with van der Waals surface area (Å²) in [7, 11) is 1.61. The highest BCUT2D eigenvalue weighted by atomic mass is 19.4. The van der Waals surface area contributed by atoms with Gasteiger partial charge in [-0.25, -0.2) is 42.1 Å². The SMILES string of the molecule is COC(=O)N[C@H](C(=O)N[C@@H](Cc1ccc(-c2cnc(N3C[C@@H]4C[C@H]3CN4C3COC3)nc2)cc1)[C@@H](O)CN(Cc1c(F)cc(-c2ccn(CC(F)F)n2)cc1F)NC(=O)[C@@H](NC(=O)OC)C(C)(C)C(F)(F)F)C(C)(C)C(F)(F)F. The maximum absolute atomic E-state index is 16.1. The van der Waals surface area contributed by atoms with E-state index in [0.717, 1.165) is 56.7 Å². The van der Waals surface area contributed by atoms with Gasteiger partial charge < -0.3 is 40.2 Å². The average Bonchev–Trinajstić information content (AvgIpc) is 4.34. The van der Waals surface area contributed by atoms with E-state index < -0.39 is 121 Å². The molecule has 6 atom stereocenters. The highest BCUT2D eigenvalue weighted by Gasteiger charge is 2.57. The molecule has 4 amide bonds. The van der Waals surface area contributed by atoms with Crippen molar-refractivity contribution >= 4 is 29.9 Å². The zero-order chi connectivity index (χ0) is 57.9. The number of halogens is 10. The standard InChI is InChI=1S/C50H59F10N11O8/c1-47(2,49(55,56)57)40(64-45(75)77-5)42(73)63-37(13-26-7-9-27(10-8-26)29-17-61-44(62-18-29)71-20-30-16-31(71)19-70(30)32-24-79-25-32)38(72)22-69(67-43(74)41(65-46(76)78-6)48(3,4)50(58,59)60)21-33-34(51)14-28(15-35(33)52)36-11-12-68(66-36)23-39(53)54/h7-12,14-15,17-18,30-32,37-41,72H,13,16,19-25H2,1-6H3,(H,63,73)(H,64,75)(H,65,76)(H,67,74)/t30-,31-,37-,38-,40+,41+/m0/s1. The maximum atomic E-state index is 16.1. The Morgan fingerprint density at radius 2 is 1.34 bits per heavy atom. The van der Waals surface area contributed by atoms with Crippen LogP contribution in [0.5, 0.6) is 0 Å². The molecule has 3 aliphatic heterocycles. The molecule has 29 heteroatoms. The van der Waals surface area contributed by atoms with Gasteiger partial charge in [-0.1, -0.05) is 24.3 Å². The van der Waals surface area contributed by atoms with Crippen LogP contribution in [0, 0.1) is 22.5 Å². The summed E-state index contributed by atoms with van der Waals surface area (Å²) in [4.78, 5) is 66.8. The van der Waals surface area contributed by atoms with Gasteiger partial charge in [-0.05, 0) is 69.9 Å². The fraction of sp³-hybridized carbons (Fsp3) is 0.540. The van der Waals surface area contributed by atoms with E-state index in [2.05, 4.69) is 45.1 Å². The molecular formula is C50H59F10N11O8. The lowest BCUT2D eigenvalue weighted by atomic mass is 9.82. The molecule has 5 heterocycles. The zero-order valence-electron chi connectivity index (χ0n) is 43.5. The number of methoxy groups -OCH3 is 2. The molecule has 5 N–H and O–H groups in total. The molecule has 0 saturated carbocycles. The molecule has 19 nitrogen and oxygen atoms in total. The molecule has 432 valence electrons. The number of hydrazine groups is 1.